The number of aldehydes is 1. The van der Waals surface area contributed by atoms with Crippen molar-refractivity contribution < 1.29 is 14.6 Å². The van der Waals surface area contributed by atoms with Gasteiger partial charge >= 0.3 is 0 Å². The summed E-state index contributed by atoms with van der Waals surface area (Å²) in [5.74, 6) is 0.819. The molecule has 1 aromatic heterocycles. The molecule has 1 aliphatic heterocycles. The Morgan fingerprint density at radius 3 is 2.79 bits per heavy atom. The summed E-state index contributed by atoms with van der Waals surface area (Å²) < 4.78 is 7.74. The maximum absolute atomic E-state index is 10.7. The average molecular weight is 260 g/mol. The first kappa shape index (κ1) is 13.5. The van der Waals surface area contributed by atoms with E-state index in [1.165, 1.54) is 0 Å². The molecule has 5 nitrogen and oxygen atoms in total. The molecule has 1 N–H and O–H groups in total. The molecule has 1 unspecified atom stereocenters. The van der Waals surface area contributed by atoms with Gasteiger partial charge in [0.2, 0.25) is 0 Å². The minimum atomic E-state index is 0.0393. The lowest BCUT2D eigenvalue weighted by Gasteiger charge is -2.24. The van der Waals surface area contributed by atoms with Crippen LogP contribution < -0.4 is 0 Å². The Kier molecular flexibility index (Phi) is 4.43. The topological polar surface area (TPSA) is 64.3 Å². The number of rotatable bonds is 2. The van der Waals surface area contributed by atoms with Gasteiger partial charge in [-0.25, -0.2) is 4.98 Å². The zero-order chi connectivity index (χ0) is 13.7. The number of aromatic nitrogens is 2. The highest BCUT2D eigenvalue weighted by Crippen LogP contribution is 2.25. The predicted octanol–water partition coefficient (Wildman–Crippen LogP) is 1.58. The van der Waals surface area contributed by atoms with Gasteiger partial charge in [-0.15, -0.1) is 0 Å². The standard InChI is InChI=1S/C13H12N2O2.CH4O/c16-8-11-6-15-7-12(17-9-13(15)14-11)10-4-2-1-3-5-10;1-2/h1-6,8,12H,7,9H2;2H,1H3. The molecule has 0 aliphatic carbocycles. The van der Waals surface area contributed by atoms with Crippen LogP contribution in [0.15, 0.2) is 36.5 Å². The highest BCUT2D eigenvalue weighted by molar-refractivity contribution is 5.71. The number of aliphatic hydroxyl groups is 1. The van der Waals surface area contributed by atoms with Crippen molar-refractivity contribution in [2.75, 3.05) is 7.11 Å². The van der Waals surface area contributed by atoms with Crippen molar-refractivity contribution in [2.24, 2.45) is 0 Å². The first-order valence-corrected chi connectivity index (χ1v) is 5.99. The molecule has 0 saturated heterocycles. The van der Waals surface area contributed by atoms with Crippen LogP contribution in [0, 0.1) is 0 Å². The van der Waals surface area contributed by atoms with E-state index >= 15 is 0 Å². The van der Waals surface area contributed by atoms with Crippen LogP contribution >= 0.6 is 0 Å². The molecule has 0 bridgehead atoms. The van der Waals surface area contributed by atoms with Crippen LogP contribution in [-0.4, -0.2) is 28.1 Å². The van der Waals surface area contributed by atoms with Gasteiger partial charge in [-0.05, 0) is 5.56 Å². The zero-order valence-electron chi connectivity index (χ0n) is 10.7. The van der Waals surface area contributed by atoms with Gasteiger partial charge in [0.05, 0.1) is 6.54 Å². The second-order valence-electron chi connectivity index (χ2n) is 4.06. The van der Waals surface area contributed by atoms with E-state index in [-0.39, 0.29) is 6.10 Å². The summed E-state index contributed by atoms with van der Waals surface area (Å²) in [7, 11) is 1.00. The van der Waals surface area contributed by atoms with Crippen LogP contribution in [0.1, 0.15) is 28.0 Å². The molecule has 1 aliphatic rings. The monoisotopic (exact) mass is 260 g/mol. The van der Waals surface area contributed by atoms with Crippen molar-refractivity contribution >= 4 is 6.29 Å². The molecular weight excluding hydrogens is 244 g/mol. The van der Waals surface area contributed by atoms with Crippen molar-refractivity contribution in [3.05, 3.63) is 53.6 Å². The van der Waals surface area contributed by atoms with Crippen LogP contribution in [0.4, 0.5) is 0 Å². The Bertz CT molecular complexity index is 537. The fourth-order valence-electron chi connectivity index (χ4n) is 2.08. The van der Waals surface area contributed by atoms with Gasteiger partial charge in [-0.2, -0.15) is 0 Å². The van der Waals surface area contributed by atoms with Gasteiger partial charge in [0.1, 0.15) is 24.2 Å². The first-order chi connectivity index (χ1) is 9.36. The molecule has 0 spiro atoms. The summed E-state index contributed by atoms with van der Waals surface area (Å²) >= 11 is 0. The third kappa shape index (κ3) is 2.89. The maximum atomic E-state index is 10.7. The first-order valence-electron chi connectivity index (χ1n) is 5.99. The fourth-order valence-corrected chi connectivity index (χ4v) is 2.08. The Morgan fingerprint density at radius 1 is 1.37 bits per heavy atom. The number of benzene rings is 1. The Morgan fingerprint density at radius 2 is 2.11 bits per heavy atom. The third-order valence-corrected chi connectivity index (χ3v) is 2.95. The molecule has 1 aromatic carbocycles. The van der Waals surface area contributed by atoms with Crippen molar-refractivity contribution in [2.45, 2.75) is 19.3 Å². The number of hydrogen-bond donors (Lipinski definition) is 1. The fraction of sp³-hybridized carbons (Fsp3) is 0.286. The predicted molar refractivity (Wildman–Crippen MR) is 69.7 cm³/mol. The van der Waals surface area contributed by atoms with Gasteiger partial charge in [0, 0.05) is 13.3 Å². The lowest BCUT2D eigenvalue weighted by molar-refractivity contribution is 0.000489. The van der Waals surface area contributed by atoms with Crippen molar-refractivity contribution in [1.82, 2.24) is 9.55 Å². The zero-order valence-corrected chi connectivity index (χ0v) is 10.7. The average Bonchev–Trinajstić information content (AvgIpc) is 2.92. The number of carbonyl (C=O) groups excluding carboxylic acids is 1. The summed E-state index contributed by atoms with van der Waals surface area (Å²) in [4.78, 5) is 14.8. The Labute approximate surface area is 111 Å². The number of imidazole rings is 1. The maximum Gasteiger partial charge on any atom is 0.170 e. The summed E-state index contributed by atoms with van der Waals surface area (Å²) in [6, 6.07) is 10.1. The smallest absolute Gasteiger partial charge is 0.170 e. The second-order valence-corrected chi connectivity index (χ2v) is 4.06. The number of carbonyl (C=O) groups is 1. The molecule has 0 radical (unpaired) electrons. The molecular formula is C14H16N2O3. The number of ether oxygens (including phenoxy) is 1. The van der Waals surface area contributed by atoms with Gasteiger partial charge in [-0.3, -0.25) is 4.79 Å². The van der Waals surface area contributed by atoms with E-state index in [4.69, 9.17) is 9.84 Å². The molecule has 1 atom stereocenters. The van der Waals surface area contributed by atoms with Crippen LogP contribution in [0.5, 0.6) is 0 Å². The summed E-state index contributed by atoms with van der Waals surface area (Å²) in [5, 5.41) is 7.00. The lowest BCUT2D eigenvalue weighted by Crippen LogP contribution is -2.20. The number of hydrogen-bond acceptors (Lipinski definition) is 4. The van der Waals surface area contributed by atoms with Crippen LogP contribution in [-0.2, 0) is 17.9 Å². The largest absolute Gasteiger partial charge is 0.400 e. The quantitative estimate of drug-likeness (QED) is 0.833. The summed E-state index contributed by atoms with van der Waals surface area (Å²) in [6.07, 6.45) is 2.58. The highest BCUT2D eigenvalue weighted by atomic mass is 16.5. The third-order valence-electron chi connectivity index (χ3n) is 2.95. The number of aliphatic hydroxyl groups excluding tert-OH is 1. The molecule has 19 heavy (non-hydrogen) atoms. The lowest BCUT2D eigenvalue weighted by atomic mass is 10.1. The number of fused-ring (bicyclic) bond motifs is 1. The minimum absolute atomic E-state index is 0.0393. The van der Waals surface area contributed by atoms with Gasteiger partial charge in [0.25, 0.3) is 0 Å². The van der Waals surface area contributed by atoms with Crippen LogP contribution in [0.3, 0.4) is 0 Å². The van der Waals surface area contributed by atoms with E-state index in [9.17, 15) is 4.79 Å². The molecule has 2 heterocycles. The summed E-state index contributed by atoms with van der Waals surface area (Å²) in [6.45, 7) is 1.16. The summed E-state index contributed by atoms with van der Waals surface area (Å²) in [5.41, 5.74) is 1.62. The number of nitrogens with zero attached hydrogens (tertiary/aromatic N) is 2. The molecule has 100 valence electrons. The van der Waals surface area contributed by atoms with E-state index in [1.807, 2.05) is 34.9 Å². The molecule has 2 aromatic rings. The van der Waals surface area contributed by atoms with E-state index in [2.05, 4.69) is 4.98 Å². The van der Waals surface area contributed by atoms with E-state index in [0.29, 0.717) is 18.8 Å². The Hall–Kier alpha value is -1.98. The van der Waals surface area contributed by atoms with E-state index in [1.54, 1.807) is 6.20 Å². The van der Waals surface area contributed by atoms with Crippen LogP contribution in [0.25, 0.3) is 0 Å². The second kappa shape index (κ2) is 6.26. The van der Waals surface area contributed by atoms with E-state index < -0.39 is 0 Å². The van der Waals surface area contributed by atoms with Crippen molar-refractivity contribution in [1.29, 1.82) is 0 Å². The van der Waals surface area contributed by atoms with E-state index in [0.717, 1.165) is 24.8 Å². The van der Waals surface area contributed by atoms with Gasteiger partial charge in [-0.1, -0.05) is 30.3 Å². The Balaban J connectivity index is 0.000000637. The molecule has 3 rings (SSSR count). The molecule has 0 amide bonds. The van der Waals surface area contributed by atoms with Gasteiger partial charge < -0.3 is 14.4 Å². The van der Waals surface area contributed by atoms with Crippen LogP contribution in [0.2, 0.25) is 0 Å². The molecule has 0 saturated carbocycles. The highest BCUT2D eigenvalue weighted by Gasteiger charge is 2.21. The normalized spacial score (nSPS) is 17.1. The minimum Gasteiger partial charge on any atom is -0.400 e. The van der Waals surface area contributed by atoms with Gasteiger partial charge in [0.15, 0.2) is 6.29 Å². The SMILES string of the molecule is CO.O=Cc1cn2c(n1)COC(c1ccccc1)C2. The van der Waals surface area contributed by atoms with Crippen molar-refractivity contribution in [3.8, 4) is 0 Å². The molecule has 0 fully saturated rings. The van der Waals surface area contributed by atoms with Crippen molar-refractivity contribution in [3.63, 3.8) is 0 Å². The molecule has 5 heteroatoms.